The lowest BCUT2D eigenvalue weighted by Crippen LogP contribution is -2.13. The van der Waals surface area contributed by atoms with Crippen molar-refractivity contribution in [2.24, 2.45) is 0 Å². The van der Waals surface area contributed by atoms with Gasteiger partial charge in [-0.25, -0.2) is 0 Å². The van der Waals surface area contributed by atoms with Gasteiger partial charge in [0.25, 0.3) is 0 Å². The lowest BCUT2D eigenvalue weighted by Gasteiger charge is -2.03. The zero-order valence-electron chi connectivity index (χ0n) is 5.84. The van der Waals surface area contributed by atoms with E-state index in [0.717, 1.165) is 0 Å². The van der Waals surface area contributed by atoms with Crippen LogP contribution in [0.15, 0.2) is 0 Å². The Balaban J connectivity index is 3.26. The van der Waals surface area contributed by atoms with Crippen LogP contribution in [-0.4, -0.2) is 29.7 Å². The Labute approximate surface area is 64.9 Å². The maximum absolute atomic E-state index is 10.6. The van der Waals surface area contributed by atoms with E-state index < -0.39 is 12.1 Å². The molecular formula is C6H11ClO3. The Morgan fingerprint density at radius 2 is 2.40 bits per heavy atom. The molecule has 4 heteroatoms. The molecule has 0 aliphatic rings. The van der Waals surface area contributed by atoms with Crippen molar-refractivity contribution in [3.8, 4) is 0 Å². The van der Waals surface area contributed by atoms with Crippen LogP contribution in [0.4, 0.5) is 0 Å². The predicted molar refractivity (Wildman–Crippen MR) is 38.0 cm³/mol. The second-order valence-corrected chi connectivity index (χ2v) is 2.34. The third kappa shape index (κ3) is 5.85. The normalized spacial score (nSPS) is 12.7. The van der Waals surface area contributed by atoms with E-state index in [4.69, 9.17) is 16.7 Å². The fourth-order valence-electron chi connectivity index (χ4n) is 0.453. The molecule has 1 N–H and O–H groups in total. The van der Waals surface area contributed by atoms with Crippen molar-refractivity contribution in [3.63, 3.8) is 0 Å². The van der Waals surface area contributed by atoms with Crippen LogP contribution in [0.1, 0.15) is 13.3 Å². The average molecular weight is 167 g/mol. The van der Waals surface area contributed by atoms with E-state index in [1.165, 1.54) is 6.92 Å². The molecule has 0 spiro atoms. The van der Waals surface area contributed by atoms with Crippen molar-refractivity contribution in [1.82, 2.24) is 0 Å². The highest BCUT2D eigenvalue weighted by Crippen LogP contribution is 1.92. The number of hydrogen-bond acceptors (Lipinski definition) is 3. The summed E-state index contributed by atoms with van der Waals surface area (Å²) in [4.78, 5) is 10.6. The molecule has 0 fully saturated rings. The monoisotopic (exact) mass is 166 g/mol. The number of hydrogen-bond donors (Lipinski definition) is 1. The number of esters is 1. The highest BCUT2D eigenvalue weighted by Gasteiger charge is 2.05. The number of carbonyl (C=O) groups excluding carboxylic acids is 1. The molecule has 60 valence electrons. The molecule has 0 saturated carbocycles. The molecule has 3 nitrogen and oxygen atoms in total. The Kier molecular flexibility index (Phi) is 5.35. The van der Waals surface area contributed by atoms with Gasteiger partial charge in [0, 0.05) is 0 Å². The topological polar surface area (TPSA) is 46.5 Å². The third-order valence-electron chi connectivity index (χ3n) is 0.802. The molecule has 0 radical (unpaired) electrons. The Bertz CT molecular complexity index is 103. The number of carbonyl (C=O) groups is 1. The minimum atomic E-state index is -0.636. The summed E-state index contributed by atoms with van der Waals surface area (Å²) in [7, 11) is 0. The molecule has 0 aromatic carbocycles. The highest BCUT2D eigenvalue weighted by molar-refractivity contribution is 6.18. The standard InChI is InChI=1S/C6H11ClO3/c1-5(8)4-6(9)10-3-2-7/h5,8H,2-4H2,1H3. The molecule has 0 amide bonds. The van der Waals surface area contributed by atoms with E-state index >= 15 is 0 Å². The fraction of sp³-hybridized carbons (Fsp3) is 0.833. The summed E-state index contributed by atoms with van der Waals surface area (Å²) in [6.07, 6.45) is -0.598. The maximum Gasteiger partial charge on any atom is 0.308 e. The zero-order chi connectivity index (χ0) is 7.98. The Morgan fingerprint density at radius 3 is 2.80 bits per heavy atom. The van der Waals surface area contributed by atoms with Gasteiger partial charge in [-0.2, -0.15) is 0 Å². The largest absolute Gasteiger partial charge is 0.464 e. The van der Waals surface area contributed by atoms with E-state index in [1.807, 2.05) is 0 Å². The number of aliphatic hydroxyl groups excluding tert-OH is 1. The number of alkyl halides is 1. The summed E-state index contributed by atoms with van der Waals surface area (Å²) in [6, 6.07) is 0. The minimum absolute atomic E-state index is 0.0386. The van der Waals surface area contributed by atoms with E-state index in [2.05, 4.69) is 4.74 Å². The third-order valence-corrected chi connectivity index (χ3v) is 0.957. The molecule has 0 aliphatic heterocycles. The van der Waals surface area contributed by atoms with Crippen LogP contribution in [0, 0.1) is 0 Å². The van der Waals surface area contributed by atoms with Crippen LogP contribution in [0.3, 0.4) is 0 Å². The van der Waals surface area contributed by atoms with Gasteiger partial charge >= 0.3 is 5.97 Å². The van der Waals surface area contributed by atoms with Crippen LogP contribution < -0.4 is 0 Å². The van der Waals surface area contributed by atoms with Gasteiger partial charge in [-0.3, -0.25) is 4.79 Å². The molecule has 0 aliphatic carbocycles. The second-order valence-electron chi connectivity index (χ2n) is 1.96. The van der Waals surface area contributed by atoms with Gasteiger partial charge in [-0.05, 0) is 6.92 Å². The molecule has 0 heterocycles. The van der Waals surface area contributed by atoms with Crippen LogP contribution in [-0.2, 0) is 9.53 Å². The van der Waals surface area contributed by atoms with E-state index in [9.17, 15) is 4.79 Å². The van der Waals surface area contributed by atoms with Crippen LogP contribution in [0.25, 0.3) is 0 Å². The van der Waals surface area contributed by atoms with Gasteiger partial charge in [-0.15, -0.1) is 11.6 Å². The van der Waals surface area contributed by atoms with Crippen LogP contribution >= 0.6 is 11.6 Å². The zero-order valence-corrected chi connectivity index (χ0v) is 6.60. The van der Waals surface area contributed by atoms with Crippen molar-refractivity contribution in [3.05, 3.63) is 0 Å². The molecule has 1 atom stereocenters. The smallest absolute Gasteiger partial charge is 0.308 e. The first-order valence-electron chi connectivity index (χ1n) is 3.06. The first-order chi connectivity index (χ1) is 4.66. The number of ether oxygens (including phenoxy) is 1. The van der Waals surface area contributed by atoms with Crippen molar-refractivity contribution in [2.75, 3.05) is 12.5 Å². The van der Waals surface area contributed by atoms with Crippen molar-refractivity contribution in [2.45, 2.75) is 19.4 Å². The molecule has 0 saturated heterocycles. The predicted octanol–water partition coefficient (Wildman–Crippen LogP) is 0.539. The van der Waals surface area contributed by atoms with Crippen LogP contribution in [0.2, 0.25) is 0 Å². The molecule has 0 aromatic heterocycles. The second kappa shape index (κ2) is 5.50. The molecular weight excluding hydrogens is 156 g/mol. The molecule has 0 aromatic rings. The molecule has 1 unspecified atom stereocenters. The van der Waals surface area contributed by atoms with Gasteiger partial charge in [-0.1, -0.05) is 0 Å². The van der Waals surface area contributed by atoms with Crippen molar-refractivity contribution < 1.29 is 14.6 Å². The Hall–Kier alpha value is -0.280. The average Bonchev–Trinajstić information content (AvgIpc) is 1.82. The maximum atomic E-state index is 10.6. The number of halogens is 1. The van der Waals surface area contributed by atoms with E-state index in [1.54, 1.807) is 0 Å². The van der Waals surface area contributed by atoms with Crippen molar-refractivity contribution >= 4 is 17.6 Å². The SMILES string of the molecule is CC(O)CC(=O)OCCCl. The summed E-state index contributed by atoms with van der Waals surface area (Å²) in [5.41, 5.74) is 0. The molecule has 0 bridgehead atoms. The summed E-state index contributed by atoms with van der Waals surface area (Å²) in [5, 5.41) is 8.69. The molecule has 10 heavy (non-hydrogen) atoms. The first kappa shape index (κ1) is 9.72. The van der Waals surface area contributed by atoms with Gasteiger partial charge in [0.1, 0.15) is 6.61 Å². The van der Waals surface area contributed by atoms with Crippen molar-refractivity contribution in [1.29, 1.82) is 0 Å². The summed E-state index contributed by atoms with van der Waals surface area (Å²) < 4.78 is 4.57. The van der Waals surface area contributed by atoms with Gasteiger partial charge in [0.2, 0.25) is 0 Å². The summed E-state index contributed by atoms with van der Waals surface area (Å²) in [5.74, 6) is -0.110. The summed E-state index contributed by atoms with van der Waals surface area (Å²) in [6.45, 7) is 1.75. The van der Waals surface area contributed by atoms with Gasteiger partial charge in [0.05, 0.1) is 18.4 Å². The number of rotatable bonds is 4. The lowest BCUT2D eigenvalue weighted by molar-refractivity contribution is -0.144. The molecule has 0 rings (SSSR count). The number of aliphatic hydroxyl groups is 1. The van der Waals surface area contributed by atoms with E-state index in [-0.39, 0.29) is 13.0 Å². The van der Waals surface area contributed by atoms with Gasteiger partial charge < -0.3 is 9.84 Å². The summed E-state index contributed by atoms with van der Waals surface area (Å²) >= 11 is 5.24. The lowest BCUT2D eigenvalue weighted by atomic mass is 10.3. The minimum Gasteiger partial charge on any atom is -0.464 e. The quantitative estimate of drug-likeness (QED) is 0.490. The fourth-order valence-corrected chi connectivity index (χ4v) is 0.530. The van der Waals surface area contributed by atoms with Crippen LogP contribution in [0.5, 0.6) is 0 Å². The van der Waals surface area contributed by atoms with E-state index in [0.29, 0.717) is 5.88 Å². The Morgan fingerprint density at radius 1 is 1.80 bits per heavy atom. The first-order valence-corrected chi connectivity index (χ1v) is 3.60. The van der Waals surface area contributed by atoms with Gasteiger partial charge in [0.15, 0.2) is 0 Å². The highest BCUT2D eigenvalue weighted by atomic mass is 35.5.